The summed E-state index contributed by atoms with van der Waals surface area (Å²) < 4.78 is 37.6. The molecule has 0 fully saturated rings. The van der Waals surface area contributed by atoms with E-state index in [0.717, 1.165) is 5.56 Å². The molecule has 0 aliphatic carbocycles. The first kappa shape index (κ1) is 24.6. The van der Waals surface area contributed by atoms with Crippen molar-refractivity contribution >= 4 is 28.6 Å². The molecule has 0 saturated heterocycles. The van der Waals surface area contributed by atoms with Gasteiger partial charge in [0.05, 0.1) is 11.7 Å². The summed E-state index contributed by atoms with van der Waals surface area (Å²) >= 11 is 0. The van der Waals surface area contributed by atoms with Crippen LogP contribution in [0.4, 0.5) is 8.78 Å². The second kappa shape index (κ2) is 10.1. The third-order valence-corrected chi connectivity index (χ3v) is 5.76. The molecular formula is C25H20F2N6O5. The van der Waals surface area contributed by atoms with Crippen LogP contribution in [-0.2, 0) is 20.1 Å². The number of fused-ring (bicyclic) bond motifs is 2. The molecule has 0 aliphatic rings. The molecule has 13 heteroatoms. The van der Waals surface area contributed by atoms with Gasteiger partial charge in [-0.25, -0.2) is 14.3 Å². The SMILES string of the molecule is Cn1c(=O)oc2ccc(CNC(=O)c3cc(C(=O)NCc4ccccc4OC(F)F)n4nccc4n3)cc21. The number of nitrogens with zero attached hydrogens (tertiary/aromatic N) is 4. The summed E-state index contributed by atoms with van der Waals surface area (Å²) in [6, 6.07) is 14.0. The van der Waals surface area contributed by atoms with Crippen LogP contribution in [0.5, 0.6) is 5.75 Å². The van der Waals surface area contributed by atoms with Crippen LogP contribution in [0.3, 0.4) is 0 Å². The number of alkyl halides is 2. The van der Waals surface area contributed by atoms with Crippen LogP contribution < -0.4 is 21.1 Å². The number of aryl methyl sites for hydroxylation is 1. The van der Waals surface area contributed by atoms with E-state index in [4.69, 9.17) is 4.42 Å². The molecule has 5 aromatic rings. The number of aromatic nitrogens is 4. The minimum atomic E-state index is -3.01. The van der Waals surface area contributed by atoms with Gasteiger partial charge in [0, 0.05) is 37.8 Å². The Hall–Kier alpha value is -5.07. The number of halogens is 2. The van der Waals surface area contributed by atoms with Gasteiger partial charge in [-0.1, -0.05) is 24.3 Å². The normalized spacial score (nSPS) is 11.3. The van der Waals surface area contributed by atoms with Crippen LogP contribution in [0.15, 0.2) is 70.0 Å². The van der Waals surface area contributed by atoms with E-state index in [0.29, 0.717) is 16.7 Å². The first-order valence-corrected chi connectivity index (χ1v) is 11.3. The van der Waals surface area contributed by atoms with Crippen molar-refractivity contribution < 1.29 is 27.5 Å². The Balaban J connectivity index is 1.33. The summed E-state index contributed by atoms with van der Waals surface area (Å²) in [5.41, 5.74) is 2.33. The van der Waals surface area contributed by atoms with Crippen LogP contribution in [-0.4, -0.2) is 37.6 Å². The zero-order valence-electron chi connectivity index (χ0n) is 19.9. The molecule has 3 heterocycles. The lowest BCUT2D eigenvalue weighted by Gasteiger charge is -2.12. The highest BCUT2D eigenvalue weighted by molar-refractivity contribution is 5.98. The second-order valence-corrected chi connectivity index (χ2v) is 8.21. The maximum atomic E-state index is 13.0. The number of oxazole rings is 1. The summed E-state index contributed by atoms with van der Waals surface area (Å²) in [6.07, 6.45) is 1.43. The molecule has 0 aliphatic heterocycles. The fourth-order valence-electron chi connectivity index (χ4n) is 3.87. The maximum Gasteiger partial charge on any atom is 0.419 e. The average Bonchev–Trinajstić information content (AvgIpc) is 3.49. The molecule has 194 valence electrons. The second-order valence-electron chi connectivity index (χ2n) is 8.21. The largest absolute Gasteiger partial charge is 0.434 e. The number of carbonyl (C=O) groups excluding carboxylic acids is 2. The molecule has 5 rings (SSSR count). The maximum absolute atomic E-state index is 13.0. The van der Waals surface area contributed by atoms with E-state index in [1.807, 2.05) is 0 Å². The number of para-hydroxylation sites is 1. The van der Waals surface area contributed by atoms with Gasteiger partial charge in [-0.05, 0) is 23.8 Å². The molecule has 0 unspecified atom stereocenters. The van der Waals surface area contributed by atoms with Gasteiger partial charge < -0.3 is 19.8 Å². The van der Waals surface area contributed by atoms with Crippen LogP contribution in [0.2, 0.25) is 0 Å². The van der Waals surface area contributed by atoms with E-state index < -0.39 is 24.2 Å². The molecule has 11 nitrogen and oxygen atoms in total. The van der Waals surface area contributed by atoms with Gasteiger partial charge in [-0.3, -0.25) is 14.2 Å². The van der Waals surface area contributed by atoms with Crippen LogP contribution >= 0.6 is 0 Å². The van der Waals surface area contributed by atoms with E-state index in [1.54, 1.807) is 43.4 Å². The molecule has 3 aromatic heterocycles. The number of carbonyl (C=O) groups is 2. The molecule has 0 bridgehead atoms. The molecule has 0 radical (unpaired) electrons. The van der Waals surface area contributed by atoms with Crippen molar-refractivity contribution in [2.24, 2.45) is 7.05 Å². The number of amides is 2. The van der Waals surface area contributed by atoms with Crippen LogP contribution in [0.25, 0.3) is 16.7 Å². The van der Waals surface area contributed by atoms with Crippen molar-refractivity contribution in [3.05, 3.63) is 93.9 Å². The van der Waals surface area contributed by atoms with Crippen molar-refractivity contribution in [2.45, 2.75) is 19.7 Å². The van der Waals surface area contributed by atoms with Crippen molar-refractivity contribution in [3.8, 4) is 5.75 Å². The predicted octanol–water partition coefficient (Wildman–Crippen LogP) is 2.64. The molecule has 2 aromatic carbocycles. The molecule has 38 heavy (non-hydrogen) atoms. The number of rotatable bonds is 8. The van der Waals surface area contributed by atoms with Gasteiger partial charge in [0.2, 0.25) is 0 Å². The molecular weight excluding hydrogens is 502 g/mol. The summed E-state index contributed by atoms with van der Waals surface area (Å²) in [4.78, 5) is 41.9. The fourth-order valence-corrected chi connectivity index (χ4v) is 3.87. The Morgan fingerprint density at radius 3 is 2.66 bits per heavy atom. The van der Waals surface area contributed by atoms with E-state index in [-0.39, 0.29) is 35.9 Å². The van der Waals surface area contributed by atoms with Gasteiger partial charge in [-0.2, -0.15) is 13.9 Å². The standard InChI is InChI=1S/C25H20F2N6O5/c1-32-17-10-14(6-7-20(17)38-25(32)36)12-28-22(34)16-11-18(33-21(31-16)8-9-30-33)23(35)29-13-15-4-2-3-5-19(15)37-24(26)27/h2-11,24H,12-13H2,1H3,(H,28,34)(H,29,35). The smallest absolute Gasteiger partial charge is 0.419 e. The topological polar surface area (TPSA) is 133 Å². The van der Waals surface area contributed by atoms with Crippen molar-refractivity contribution in [1.82, 2.24) is 29.8 Å². The highest BCUT2D eigenvalue weighted by Crippen LogP contribution is 2.20. The Morgan fingerprint density at radius 1 is 1.05 bits per heavy atom. The number of benzene rings is 2. The van der Waals surface area contributed by atoms with Crippen molar-refractivity contribution in [3.63, 3.8) is 0 Å². The molecule has 2 N–H and O–H groups in total. The van der Waals surface area contributed by atoms with Crippen LogP contribution in [0.1, 0.15) is 32.1 Å². The Kier molecular flexibility index (Phi) is 6.56. The lowest BCUT2D eigenvalue weighted by Crippen LogP contribution is -2.28. The minimum absolute atomic E-state index is 0.0206. The summed E-state index contributed by atoms with van der Waals surface area (Å²) in [5, 5.41) is 9.47. The molecule has 0 atom stereocenters. The highest BCUT2D eigenvalue weighted by atomic mass is 19.3. The summed E-state index contributed by atoms with van der Waals surface area (Å²) in [5.74, 6) is -1.70. The first-order chi connectivity index (χ1) is 18.3. The minimum Gasteiger partial charge on any atom is -0.434 e. The zero-order valence-corrected chi connectivity index (χ0v) is 19.9. The number of nitrogens with one attached hydrogen (secondary N) is 2. The zero-order chi connectivity index (χ0) is 26.8. The number of hydrogen-bond donors (Lipinski definition) is 2. The van der Waals surface area contributed by atoms with E-state index in [2.05, 4.69) is 25.5 Å². The summed E-state index contributed by atoms with van der Waals surface area (Å²) in [7, 11) is 1.58. The number of ether oxygens (including phenoxy) is 1. The summed E-state index contributed by atoms with van der Waals surface area (Å²) in [6.45, 7) is -2.99. The van der Waals surface area contributed by atoms with Crippen molar-refractivity contribution in [2.75, 3.05) is 0 Å². The fraction of sp³-hybridized carbons (Fsp3) is 0.160. The molecule has 0 saturated carbocycles. The van der Waals surface area contributed by atoms with Gasteiger partial charge in [-0.15, -0.1) is 0 Å². The Morgan fingerprint density at radius 2 is 1.84 bits per heavy atom. The van der Waals surface area contributed by atoms with Gasteiger partial charge in [0.25, 0.3) is 11.8 Å². The highest BCUT2D eigenvalue weighted by Gasteiger charge is 2.19. The monoisotopic (exact) mass is 522 g/mol. The Labute approximate surface area is 212 Å². The molecule has 0 spiro atoms. The lowest BCUT2D eigenvalue weighted by molar-refractivity contribution is -0.0504. The van der Waals surface area contributed by atoms with Gasteiger partial charge >= 0.3 is 12.4 Å². The van der Waals surface area contributed by atoms with Crippen molar-refractivity contribution in [1.29, 1.82) is 0 Å². The Bertz CT molecular complexity index is 1720. The third kappa shape index (κ3) is 4.93. The van der Waals surface area contributed by atoms with E-state index in [1.165, 1.54) is 33.5 Å². The first-order valence-electron chi connectivity index (χ1n) is 11.3. The van der Waals surface area contributed by atoms with E-state index in [9.17, 15) is 23.2 Å². The average molecular weight is 522 g/mol. The van der Waals surface area contributed by atoms with Crippen LogP contribution in [0, 0.1) is 0 Å². The third-order valence-electron chi connectivity index (χ3n) is 5.76. The molecule has 2 amide bonds. The number of hydrogen-bond acceptors (Lipinski definition) is 7. The quantitative estimate of drug-likeness (QED) is 0.320. The van der Waals surface area contributed by atoms with Gasteiger partial charge in [0.15, 0.2) is 11.2 Å². The van der Waals surface area contributed by atoms with Gasteiger partial charge in [0.1, 0.15) is 17.1 Å². The predicted molar refractivity (Wildman–Crippen MR) is 130 cm³/mol. The lowest BCUT2D eigenvalue weighted by atomic mass is 10.2. The van der Waals surface area contributed by atoms with E-state index >= 15 is 0 Å².